The number of thiocarbonyl (C=S) groups is 1. The highest BCUT2D eigenvalue weighted by atomic mass is 32.2. The summed E-state index contributed by atoms with van der Waals surface area (Å²) in [6.07, 6.45) is 0.203. The molecule has 1 unspecified atom stereocenters. The van der Waals surface area contributed by atoms with Gasteiger partial charge in [-0.2, -0.15) is 0 Å². The van der Waals surface area contributed by atoms with E-state index in [-0.39, 0.29) is 11.7 Å². The Morgan fingerprint density at radius 1 is 1.48 bits per heavy atom. The lowest BCUT2D eigenvalue weighted by atomic mass is 10.3. The molecule has 0 heterocycles. The molecule has 1 aromatic rings. The van der Waals surface area contributed by atoms with E-state index in [4.69, 9.17) is 22.7 Å². The summed E-state index contributed by atoms with van der Waals surface area (Å²) in [5.74, 6) is 0.592. The smallest absolute Gasteiger partial charge is 0.413 e. The van der Waals surface area contributed by atoms with Gasteiger partial charge in [-0.3, -0.25) is 5.32 Å². The summed E-state index contributed by atoms with van der Waals surface area (Å²) in [5.41, 5.74) is 6.84. The maximum absolute atomic E-state index is 11.9. The number of nitrogen functional groups attached to an aromatic ring is 1. The minimum Gasteiger partial charge on any atom is -0.611 e. The number of anilines is 2. The number of hydrogen-bond donors (Lipinski definition) is 3. The topological polar surface area (TPSA) is 99.4 Å². The van der Waals surface area contributed by atoms with Crippen LogP contribution in [0.25, 0.3) is 0 Å². The number of amides is 1. The number of hydrogen-bond acceptors (Lipinski definition) is 5. The summed E-state index contributed by atoms with van der Waals surface area (Å²) in [4.78, 5) is 11.9. The van der Waals surface area contributed by atoms with E-state index >= 15 is 0 Å². The van der Waals surface area contributed by atoms with Crippen LogP contribution in [-0.4, -0.2) is 28.1 Å². The van der Waals surface area contributed by atoms with Crippen LogP contribution < -0.4 is 16.4 Å². The van der Waals surface area contributed by atoms with Crippen LogP contribution in [0.2, 0.25) is 0 Å². The SMILES string of the molecule is CCC[S+]([O-])c1ccc(NC(=S)NC(=O)OCC)c(N)c1. The second-order valence-electron chi connectivity index (χ2n) is 4.10. The maximum Gasteiger partial charge on any atom is 0.413 e. The molecule has 0 bridgehead atoms. The van der Waals surface area contributed by atoms with E-state index in [1.165, 1.54) is 0 Å². The molecule has 0 saturated heterocycles. The van der Waals surface area contributed by atoms with Crippen molar-refractivity contribution in [1.82, 2.24) is 5.32 Å². The van der Waals surface area contributed by atoms with Crippen molar-refractivity contribution in [2.75, 3.05) is 23.4 Å². The second kappa shape index (κ2) is 8.71. The van der Waals surface area contributed by atoms with Crippen molar-refractivity contribution in [3.63, 3.8) is 0 Å². The summed E-state index contributed by atoms with van der Waals surface area (Å²) < 4.78 is 16.6. The zero-order chi connectivity index (χ0) is 15.8. The first kappa shape index (κ1) is 17.5. The highest BCUT2D eigenvalue weighted by Gasteiger charge is 2.13. The Morgan fingerprint density at radius 2 is 2.19 bits per heavy atom. The summed E-state index contributed by atoms with van der Waals surface area (Å²) in [7, 11) is 0. The van der Waals surface area contributed by atoms with Crippen LogP contribution in [0.5, 0.6) is 0 Å². The van der Waals surface area contributed by atoms with E-state index in [0.29, 0.717) is 22.0 Å². The molecule has 6 nitrogen and oxygen atoms in total. The molecule has 0 aliphatic carbocycles. The van der Waals surface area contributed by atoms with Crippen molar-refractivity contribution in [3.05, 3.63) is 18.2 Å². The van der Waals surface area contributed by atoms with Gasteiger partial charge < -0.3 is 20.3 Å². The fourth-order valence-electron chi connectivity index (χ4n) is 1.51. The molecule has 4 N–H and O–H groups in total. The number of carbonyl (C=O) groups excluding carboxylic acids is 1. The van der Waals surface area contributed by atoms with Gasteiger partial charge in [0.2, 0.25) is 0 Å². The highest BCUT2D eigenvalue weighted by molar-refractivity contribution is 7.91. The predicted octanol–water partition coefficient (Wildman–Crippen LogP) is 2.23. The van der Waals surface area contributed by atoms with Gasteiger partial charge in [-0.05, 0) is 48.9 Å². The van der Waals surface area contributed by atoms with Crippen LogP contribution >= 0.6 is 12.2 Å². The average Bonchev–Trinajstić information content (AvgIpc) is 2.41. The minimum atomic E-state index is -1.06. The zero-order valence-electron chi connectivity index (χ0n) is 12.0. The van der Waals surface area contributed by atoms with Gasteiger partial charge in [0, 0.05) is 6.07 Å². The number of benzene rings is 1. The number of rotatable bonds is 5. The van der Waals surface area contributed by atoms with Crippen LogP contribution in [0, 0.1) is 0 Å². The Labute approximate surface area is 132 Å². The molecule has 0 fully saturated rings. The first-order valence-electron chi connectivity index (χ1n) is 6.50. The Kier molecular flexibility index (Phi) is 7.27. The molecule has 0 aromatic heterocycles. The van der Waals surface area contributed by atoms with Crippen LogP contribution in [0.3, 0.4) is 0 Å². The van der Waals surface area contributed by atoms with E-state index in [2.05, 4.69) is 10.6 Å². The lowest BCUT2D eigenvalue weighted by molar-refractivity contribution is 0.158. The van der Waals surface area contributed by atoms with Crippen molar-refractivity contribution in [1.29, 1.82) is 0 Å². The van der Waals surface area contributed by atoms with Gasteiger partial charge in [0.05, 0.1) is 18.0 Å². The third kappa shape index (κ3) is 5.78. The van der Waals surface area contributed by atoms with Gasteiger partial charge >= 0.3 is 6.09 Å². The molecule has 0 saturated carbocycles. The zero-order valence-corrected chi connectivity index (χ0v) is 13.6. The molecular formula is C13H19N3O3S2. The monoisotopic (exact) mass is 329 g/mol. The third-order valence-corrected chi connectivity index (χ3v) is 4.18. The molecule has 21 heavy (non-hydrogen) atoms. The summed E-state index contributed by atoms with van der Waals surface area (Å²) in [5, 5.41) is 5.24. The fraction of sp³-hybridized carbons (Fsp3) is 0.385. The van der Waals surface area contributed by atoms with Gasteiger partial charge in [-0.1, -0.05) is 6.92 Å². The first-order valence-corrected chi connectivity index (χ1v) is 8.23. The number of ether oxygens (including phenoxy) is 1. The summed E-state index contributed by atoms with van der Waals surface area (Å²) >= 11 is 3.92. The van der Waals surface area contributed by atoms with E-state index in [0.717, 1.165) is 6.42 Å². The summed E-state index contributed by atoms with van der Waals surface area (Å²) in [6, 6.07) is 5.04. The molecule has 0 spiro atoms. The number of nitrogens with two attached hydrogens (primary N) is 1. The molecule has 8 heteroatoms. The van der Waals surface area contributed by atoms with Crippen molar-refractivity contribution in [2.45, 2.75) is 25.2 Å². The van der Waals surface area contributed by atoms with E-state index in [1.54, 1.807) is 25.1 Å². The first-order chi connectivity index (χ1) is 9.97. The quantitative estimate of drug-likeness (QED) is 0.435. The average molecular weight is 329 g/mol. The molecule has 116 valence electrons. The second-order valence-corrected chi connectivity index (χ2v) is 6.08. The molecule has 0 aliphatic heterocycles. The molecule has 0 radical (unpaired) electrons. The van der Waals surface area contributed by atoms with Crippen molar-refractivity contribution >= 4 is 46.0 Å². The lowest BCUT2D eigenvalue weighted by Crippen LogP contribution is -2.34. The predicted molar refractivity (Wildman–Crippen MR) is 88.8 cm³/mol. The number of nitrogens with one attached hydrogen (secondary N) is 2. The molecule has 1 amide bonds. The Hall–Kier alpha value is -1.51. The fourth-order valence-corrected chi connectivity index (χ4v) is 2.79. The van der Waals surface area contributed by atoms with Gasteiger partial charge in [0.25, 0.3) is 0 Å². The normalized spacial score (nSPS) is 11.6. The lowest BCUT2D eigenvalue weighted by Gasteiger charge is -2.14. The van der Waals surface area contributed by atoms with Crippen LogP contribution in [-0.2, 0) is 15.9 Å². The van der Waals surface area contributed by atoms with Crippen molar-refractivity contribution in [2.24, 2.45) is 0 Å². The number of carbonyl (C=O) groups is 1. The van der Waals surface area contributed by atoms with Gasteiger partial charge in [-0.25, -0.2) is 4.79 Å². The molecule has 1 atom stereocenters. The number of alkyl carbamates (subject to hydrolysis) is 1. The van der Waals surface area contributed by atoms with Gasteiger partial charge in [-0.15, -0.1) is 0 Å². The van der Waals surface area contributed by atoms with Crippen LogP contribution in [0.15, 0.2) is 23.1 Å². The highest BCUT2D eigenvalue weighted by Crippen LogP contribution is 2.23. The largest absolute Gasteiger partial charge is 0.611 e. The van der Waals surface area contributed by atoms with Gasteiger partial charge in [0.15, 0.2) is 10.0 Å². The third-order valence-electron chi connectivity index (χ3n) is 2.41. The molecular weight excluding hydrogens is 310 g/mol. The Morgan fingerprint density at radius 3 is 2.76 bits per heavy atom. The van der Waals surface area contributed by atoms with Crippen LogP contribution in [0.4, 0.5) is 16.2 Å². The van der Waals surface area contributed by atoms with Crippen LogP contribution in [0.1, 0.15) is 20.3 Å². The van der Waals surface area contributed by atoms with E-state index in [1.807, 2.05) is 6.92 Å². The minimum absolute atomic E-state index is 0.0857. The summed E-state index contributed by atoms with van der Waals surface area (Å²) in [6.45, 7) is 3.92. The van der Waals surface area contributed by atoms with E-state index in [9.17, 15) is 9.35 Å². The molecule has 0 aliphatic rings. The van der Waals surface area contributed by atoms with Gasteiger partial charge in [0.1, 0.15) is 5.75 Å². The maximum atomic E-state index is 11.9. The van der Waals surface area contributed by atoms with Crippen molar-refractivity contribution in [3.8, 4) is 0 Å². The molecule has 1 rings (SSSR count). The Balaban J connectivity index is 2.68. The standard InChI is InChI=1S/C13H19N3O3S2/c1-3-7-21(18)9-5-6-11(10(14)8-9)15-12(20)16-13(17)19-4-2/h5-6,8H,3-4,7,14H2,1-2H3,(H2,15,16,17,20). The molecule has 1 aromatic carbocycles. The van der Waals surface area contributed by atoms with E-state index < -0.39 is 17.3 Å². The van der Waals surface area contributed by atoms with Crippen molar-refractivity contribution < 1.29 is 14.1 Å². The Bertz CT molecular complexity index is 511.